The van der Waals surface area contributed by atoms with Crippen molar-refractivity contribution in [3.05, 3.63) is 23.4 Å². The molecule has 20 heavy (non-hydrogen) atoms. The summed E-state index contributed by atoms with van der Waals surface area (Å²) in [5, 5.41) is 12.1. The number of aromatic nitrogens is 1. The molecule has 2 rings (SSSR count). The quantitative estimate of drug-likeness (QED) is 0.377. The van der Waals surface area contributed by atoms with Crippen molar-refractivity contribution in [2.45, 2.75) is 26.4 Å². The molecular weight excluding hydrogens is 256 g/mol. The van der Waals surface area contributed by atoms with Crippen molar-refractivity contribution < 1.29 is 9.94 Å². The number of pyridine rings is 1. The molecule has 1 aromatic rings. The van der Waals surface area contributed by atoms with Crippen molar-refractivity contribution in [3.63, 3.8) is 0 Å². The van der Waals surface area contributed by atoms with Gasteiger partial charge in [-0.2, -0.15) is 0 Å². The fourth-order valence-electron chi connectivity index (χ4n) is 2.68. The zero-order chi connectivity index (χ0) is 14.7. The number of ether oxygens (including phenoxy) is 1. The smallest absolute Gasteiger partial charge is 0.174 e. The zero-order valence-electron chi connectivity index (χ0n) is 12.2. The maximum absolute atomic E-state index is 8.97. The van der Waals surface area contributed by atoms with Gasteiger partial charge in [0.2, 0.25) is 0 Å². The van der Waals surface area contributed by atoms with Gasteiger partial charge in [-0.25, -0.2) is 4.98 Å². The Morgan fingerprint density at radius 2 is 2.35 bits per heavy atom. The van der Waals surface area contributed by atoms with Crippen LogP contribution in [0.1, 0.15) is 24.5 Å². The van der Waals surface area contributed by atoms with Crippen LogP contribution in [-0.4, -0.2) is 42.3 Å². The predicted molar refractivity (Wildman–Crippen MR) is 78.3 cm³/mol. The Kier molecular flexibility index (Phi) is 4.44. The van der Waals surface area contributed by atoms with E-state index in [1.54, 1.807) is 13.3 Å². The summed E-state index contributed by atoms with van der Waals surface area (Å²) in [6.45, 7) is 5.78. The van der Waals surface area contributed by atoms with Gasteiger partial charge in [-0.3, -0.25) is 0 Å². The second-order valence-corrected chi connectivity index (χ2v) is 5.30. The molecular formula is C14H22N4O2. The highest BCUT2D eigenvalue weighted by molar-refractivity contribution is 6.02. The van der Waals surface area contributed by atoms with Crippen LogP contribution in [0.25, 0.3) is 0 Å². The monoisotopic (exact) mass is 278 g/mol. The lowest BCUT2D eigenvalue weighted by molar-refractivity contribution is 0.0496. The molecule has 3 N–H and O–H groups in total. The maximum atomic E-state index is 8.97. The molecule has 2 atom stereocenters. The SMILES string of the molecule is COC1CN(c2nccc(C)c2/C(N)=N/O)CCC1C. The Morgan fingerprint density at radius 3 is 3.00 bits per heavy atom. The number of methoxy groups -OCH3 is 1. The van der Waals surface area contributed by atoms with E-state index in [1.165, 1.54) is 0 Å². The van der Waals surface area contributed by atoms with Crippen LogP contribution >= 0.6 is 0 Å². The first-order valence-corrected chi connectivity index (χ1v) is 6.79. The second kappa shape index (κ2) is 6.09. The molecule has 1 fully saturated rings. The van der Waals surface area contributed by atoms with E-state index >= 15 is 0 Å². The number of anilines is 1. The van der Waals surface area contributed by atoms with E-state index in [-0.39, 0.29) is 11.9 Å². The highest BCUT2D eigenvalue weighted by Gasteiger charge is 2.28. The fraction of sp³-hybridized carbons (Fsp3) is 0.571. The Balaban J connectivity index is 2.36. The number of rotatable bonds is 3. The molecule has 1 aliphatic rings. The van der Waals surface area contributed by atoms with Gasteiger partial charge in [0, 0.05) is 26.4 Å². The Bertz CT molecular complexity index is 504. The summed E-state index contributed by atoms with van der Waals surface area (Å²) in [6.07, 6.45) is 2.95. The van der Waals surface area contributed by atoms with Gasteiger partial charge in [-0.15, -0.1) is 0 Å². The average Bonchev–Trinajstić information content (AvgIpc) is 2.46. The van der Waals surface area contributed by atoms with Crippen molar-refractivity contribution >= 4 is 11.7 Å². The summed E-state index contributed by atoms with van der Waals surface area (Å²) >= 11 is 0. The van der Waals surface area contributed by atoms with E-state index in [9.17, 15) is 0 Å². The molecule has 2 heterocycles. The van der Waals surface area contributed by atoms with Crippen LogP contribution in [0.4, 0.5) is 5.82 Å². The predicted octanol–water partition coefficient (Wildman–Crippen LogP) is 1.35. The average molecular weight is 278 g/mol. The topological polar surface area (TPSA) is 84.0 Å². The third-order valence-electron chi connectivity index (χ3n) is 3.99. The highest BCUT2D eigenvalue weighted by Crippen LogP contribution is 2.27. The summed E-state index contributed by atoms with van der Waals surface area (Å²) in [4.78, 5) is 6.57. The fourth-order valence-corrected chi connectivity index (χ4v) is 2.68. The lowest BCUT2D eigenvalue weighted by Crippen LogP contribution is -2.45. The number of hydrogen-bond donors (Lipinski definition) is 2. The number of amidine groups is 1. The number of oxime groups is 1. The van der Waals surface area contributed by atoms with Crippen LogP contribution in [0.5, 0.6) is 0 Å². The first kappa shape index (κ1) is 14.6. The largest absolute Gasteiger partial charge is 0.409 e. The molecule has 0 amide bonds. The number of piperidine rings is 1. The van der Waals surface area contributed by atoms with Crippen molar-refractivity contribution in [2.24, 2.45) is 16.8 Å². The molecule has 0 bridgehead atoms. The van der Waals surface area contributed by atoms with Crippen molar-refractivity contribution in [1.82, 2.24) is 4.98 Å². The van der Waals surface area contributed by atoms with Crippen LogP contribution < -0.4 is 10.6 Å². The van der Waals surface area contributed by atoms with Crippen molar-refractivity contribution in [3.8, 4) is 0 Å². The van der Waals surface area contributed by atoms with Crippen LogP contribution in [0, 0.1) is 12.8 Å². The molecule has 1 aromatic heterocycles. The standard InChI is InChI=1S/C14H22N4O2/c1-9-5-7-18(8-11(9)20-3)14-12(13(15)17-19)10(2)4-6-16-14/h4,6,9,11,19H,5,7-8H2,1-3H3,(H2,15,17). The summed E-state index contributed by atoms with van der Waals surface area (Å²) in [5.41, 5.74) is 7.44. The molecule has 6 nitrogen and oxygen atoms in total. The number of aryl methyl sites for hydroxylation is 1. The van der Waals surface area contributed by atoms with E-state index in [0.29, 0.717) is 11.5 Å². The zero-order valence-corrected chi connectivity index (χ0v) is 12.2. The van der Waals surface area contributed by atoms with Gasteiger partial charge in [0.25, 0.3) is 0 Å². The first-order chi connectivity index (χ1) is 9.58. The van der Waals surface area contributed by atoms with Crippen LogP contribution in [-0.2, 0) is 4.74 Å². The molecule has 0 saturated carbocycles. The molecule has 0 aromatic carbocycles. The van der Waals surface area contributed by atoms with Gasteiger partial charge in [-0.1, -0.05) is 12.1 Å². The molecule has 0 aliphatic carbocycles. The van der Waals surface area contributed by atoms with Gasteiger partial charge in [0.05, 0.1) is 11.7 Å². The van der Waals surface area contributed by atoms with Crippen LogP contribution in [0.3, 0.4) is 0 Å². The highest BCUT2D eigenvalue weighted by atomic mass is 16.5. The van der Waals surface area contributed by atoms with Gasteiger partial charge < -0.3 is 20.6 Å². The molecule has 2 unspecified atom stereocenters. The van der Waals surface area contributed by atoms with E-state index in [0.717, 1.165) is 30.9 Å². The maximum Gasteiger partial charge on any atom is 0.174 e. The number of nitrogens with two attached hydrogens (primary N) is 1. The molecule has 0 radical (unpaired) electrons. The third kappa shape index (κ3) is 2.70. The molecule has 1 saturated heterocycles. The summed E-state index contributed by atoms with van der Waals surface area (Å²) in [7, 11) is 1.73. The van der Waals surface area contributed by atoms with E-state index < -0.39 is 0 Å². The van der Waals surface area contributed by atoms with E-state index in [2.05, 4.69) is 22.0 Å². The Hall–Kier alpha value is -1.82. The minimum atomic E-state index is 0.0955. The van der Waals surface area contributed by atoms with E-state index in [4.69, 9.17) is 15.7 Å². The van der Waals surface area contributed by atoms with Gasteiger partial charge >= 0.3 is 0 Å². The summed E-state index contributed by atoms with van der Waals surface area (Å²) in [5.74, 6) is 1.38. The van der Waals surface area contributed by atoms with Gasteiger partial charge in [-0.05, 0) is 30.9 Å². The Morgan fingerprint density at radius 1 is 1.60 bits per heavy atom. The first-order valence-electron chi connectivity index (χ1n) is 6.79. The van der Waals surface area contributed by atoms with Crippen molar-refractivity contribution in [1.29, 1.82) is 0 Å². The number of nitrogens with zero attached hydrogens (tertiary/aromatic N) is 3. The van der Waals surface area contributed by atoms with Crippen LogP contribution in [0.15, 0.2) is 17.4 Å². The van der Waals surface area contributed by atoms with Gasteiger partial charge in [0.15, 0.2) is 5.84 Å². The Labute approximate surface area is 119 Å². The van der Waals surface area contributed by atoms with Crippen LogP contribution in [0.2, 0.25) is 0 Å². The number of hydrogen-bond acceptors (Lipinski definition) is 5. The molecule has 0 spiro atoms. The lowest BCUT2D eigenvalue weighted by Gasteiger charge is -2.37. The molecule has 110 valence electrons. The minimum Gasteiger partial charge on any atom is -0.409 e. The van der Waals surface area contributed by atoms with Crippen molar-refractivity contribution in [2.75, 3.05) is 25.1 Å². The van der Waals surface area contributed by atoms with Gasteiger partial charge in [0.1, 0.15) is 5.82 Å². The normalized spacial score (nSPS) is 23.9. The second-order valence-electron chi connectivity index (χ2n) is 5.30. The summed E-state index contributed by atoms with van der Waals surface area (Å²) in [6, 6.07) is 1.86. The molecule has 6 heteroatoms. The minimum absolute atomic E-state index is 0.0955. The third-order valence-corrected chi connectivity index (χ3v) is 3.99. The summed E-state index contributed by atoms with van der Waals surface area (Å²) < 4.78 is 5.53. The van der Waals surface area contributed by atoms with E-state index in [1.807, 2.05) is 13.0 Å². The lowest BCUT2D eigenvalue weighted by atomic mass is 9.95. The molecule has 1 aliphatic heterocycles.